The van der Waals surface area contributed by atoms with Gasteiger partial charge in [-0.3, -0.25) is 10.1 Å². The molecule has 0 unspecified atom stereocenters. The Hall–Kier alpha value is -3.42. The van der Waals surface area contributed by atoms with Crippen molar-refractivity contribution in [2.45, 2.75) is 26.2 Å². The molecular weight excluding hydrogens is 470 g/mol. The van der Waals surface area contributed by atoms with Gasteiger partial charge in [-0.25, -0.2) is 4.98 Å². The molecule has 8 heteroatoms. The number of hydrogen-bond acceptors (Lipinski definition) is 5. The van der Waals surface area contributed by atoms with Crippen LogP contribution < -0.4 is 15.4 Å². The number of halogens is 1. The number of anilines is 1. The van der Waals surface area contributed by atoms with Crippen LogP contribution in [0.1, 0.15) is 36.8 Å². The highest BCUT2D eigenvalue weighted by Gasteiger charge is 2.09. The summed E-state index contributed by atoms with van der Waals surface area (Å²) in [4.78, 5) is 16.6. The number of hydrogen-bond donors (Lipinski definition) is 2. The van der Waals surface area contributed by atoms with Gasteiger partial charge in [0.25, 0.3) is 5.91 Å². The third kappa shape index (κ3) is 6.34. The van der Waals surface area contributed by atoms with Crippen molar-refractivity contribution >= 4 is 51.6 Å². The Morgan fingerprint density at radius 3 is 2.53 bits per heavy atom. The second-order valence-corrected chi connectivity index (χ2v) is 8.95. The van der Waals surface area contributed by atoms with Gasteiger partial charge in [0.1, 0.15) is 11.3 Å². The van der Waals surface area contributed by atoms with Crippen molar-refractivity contribution in [1.29, 1.82) is 0 Å². The summed E-state index contributed by atoms with van der Waals surface area (Å²) in [7, 11) is 0. The topological polar surface area (TPSA) is 76.4 Å². The quantitative estimate of drug-likeness (QED) is 0.303. The van der Waals surface area contributed by atoms with Crippen molar-refractivity contribution in [3.05, 3.63) is 88.8 Å². The van der Waals surface area contributed by atoms with Crippen LogP contribution in [0.15, 0.2) is 71.1 Å². The third-order valence-corrected chi connectivity index (χ3v) is 5.57. The number of nitrogens with zero attached hydrogens (tertiary/aromatic N) is 1. The lowest BCUT2D eigenvalue weighted by atomic mass is 10.0. The molecule has 174 valence electrons. The van der Waals surface area contributed by atoms with Crippen LogP contribution in [0.25, 0.3) is 11.1 Å². The number of ether oxygens (including phenoxy) is 1. The predicted molar refractivity (Wildman–Crippen MR) is 139 cm³/mol. The van der Waals surface area contributed by atoms with Crippen molar-refractivity contribution < 1.29 is 13.9 Å². The Labute approximate surface area is 208 Å². The van der Waals surface area contributed by atoms with Crippen molar-refractivity contribution in [2.75, 3.05) is 11.9 Å². The lowest BCUT2D eigenvalue weighted by molar-refractivity contribution is -0.121. The van der Waals surface area contributed by atoms with Crippen LogP contribution in [0.5, 0.6) is 5.75 Å². The fraction of sp³-hybridized carbons (Fsp3) is 0.192. The number of fused-ring (bicyclic) bond motifs is 1. The molecule has 4 aromatic rings. The Morgan fingerprint density at radius 2 is 1.82 bits per heavy atom. The number of oxazole rings is 1. The van der Waals surface area contributed by atoms with Gasteiger partial charge in [0.05, 0.1) is 0 Å². The smallest absolute Gasteiger partial charge is 0.264 e. The highest BCUT2D eigenvalue weighted by molar-refractivity contribution is 7.80. The minimum Gasteiger partial charge on any atom is -0.484 e. The van der Waals surface area contributed by atoms with E-state index in [1.807, 2.05) is 54.6 Å². The molecule has 0 saturated carbocycles. The minimum absolute atomic E-state index is 0.127. The lowest BCUT2D eigenvalue weighted by Crippen LogP contribution is -2.37. The SMILES string of the molecule is CC(C)c1ccc(OCC(=O)NC(=S)Nc2ccc(Cc3nc4cc(Cl)ccc4o3)cc2)cc1. The molecule has 0 spiro atoms. The molecule has 0 aliphatic carbocycles. The molecule has 0 bridgehead atoms. The summed E-state index contributed by atoms with van der Waals surface area (Å²) in [5, 5.41) is 6.45. The molecule has 0 aliphatic heterocycles. The molecule has 1 amide bonds. The Kier molecular flexibility index (Phi) is 7.45. The van der Waals surface area contributed by atoms with Crippen LogP contribution in [0.3, 0.4) is 0 Å². The van der Waals surface area contributed by atoms with E-state index in [4.69, 9.17) is 33.0 Å². The number of thiocarbonyl (C=S) groups is 1. The second-order valence-electron chi connectivity index (χ2n) is 8.11. The van der Waals surface area contributed by atoms with Gasteiger partial charge in [-0.1, -0.05) is 49.7 Å². The third-order valence-electron chi connectivity index (χ3n) is 5.13. The first-order valence-corrected chi connectivity index (χ1v) is 11.6. The van der Waals surface area contributed by atoms with Crippen LogP contribution in [0, 0.1) is 0 Å². The zero-order valence-corrected chi connectivity index (χ0v) is 20.4. The number of benzene rings is 3. The molecule has 0 saturated heterocycles. The number of amides is 1. The zero-order valence-electron chi connectivity index (χ0n) is 18.8. The lowest BCUT2D eigenvalue weighted by Gasteiger charge is -2.11. The number of nitrogens with one attached hydrogen (secondary N) is 2. The minimum atomic E-state index is -0.335. The van der Waals surface area contributed by atoms with Gasteiger partial charge in [-0.05, 0) is 71.7 Å². The van der Waals surface area contributed by atoms with Gasteiger partial charge in [-0.15, -0.1) is 0 Å². The van der Waals surface area contributed by atoms with E-state index in [1.54, 1.807) is 12.1 Å². The molecule has 3 aromatic carbocycles. The Bertz CT molecular complexity index is 1300. The summed E-state index contributed by atoms with van der Waals surface area (Å²) in [5.74, 6) is 1.35. The van der Waals surface area contributed by atoms with E-state index in [1.165, 1.54) is 5.56 Å². The molecule has 0 aliphatic rings. The van der Waals surface area contributed by atoms with Crippen LogP contribution in [-0.4, -0.2) is 22.6 Å². The van der Waals surface area contributed by atoms with Gasteiger partial charge in [0, 0.05) is 17.1 Å². The normalized spacial score (nSPS) is 10.9. The summed E-state index contributed by atoms with van der Waals surface area (Å²) in [6.45, 7) is 4.12. The summed E-state index contributed by atoms with van der Waals surface area (Å²) in [5.41, 5.74) is 4.43. The maximum absolute atomic E-state index is 12.2. The van der Waals surface area contributed by atoms with E-state index in [-0.39, 0.29) is 17.6 Å². The monoisotopic (exact) mass is 493 g/mol. The van der Waals surface area contributed by atoms with Crippen LogP contribution in [0.2, 0.25) is 5.02 Å². The fourth-order valence-electron chi connectivity index (χ4n) is 3.33. The molecule has 1 heterocycles. The number of aromatic nitrogens is 1. The van der Waals surface area contributed by atoms with E-state index in [2.05, 4.69) is 29.5 Å². The highest BCUT2D eigenvalue weighted by Crippen LogP contribution is 2.22. The standard InChI is InChI=1S/C26H24ClN3O3S/c1-16(2)18-5-10-21(11-6-18)32-15-24(31)30-26(34)28-20-8-3-17(4-9-20)13-25-29-22-14-19(27)7-12-23(22)33-25/h3-12,14,16H,13,15H2,1-2H3,(H2,28,30,31,34). The van der Waals surface area contributed by atoms with Gasteiger partial charge < -0.3 is 14.5 Å². The van der Waals surface area contributed by atoms with Gasteiger partial charge in [0.15, 0.2) is 23.2 Å². The molecule has 34 heavy (non-hydrogen) atoms. The zero-order chi connectivity index (χ0) is 24.1. The first kappa shape index (κ1) is 23.7. The van der Waals surface area contributed by atoms with E-state index in [0.29, 0.717) is 34.6 Å². The average molecular weight is 494 g/mol. The first-order chi connectivity index (χ1) is 16.4. The summed E-state index contributed by atoms with van der Waals surface area (Å²) < 4.78 is 11.3. The molecule has 4 rings (SSSR count). The van der Waals surface area contributed by atoms with Gasteiger partial charge in [0.2, 0.25) is 0 Å². The van der Waals surface area contributed by atoms with Crippen molar-refractivity contribution in [3.63, 3.8) is 0 Å². The number of rotatable bonds is 7. The van der Waals surface area contributed by atoms with Gasteiger partial charge >= 0.3 is 0 Å². The Morgan fingerprint density at radius 1 is 1.09 bits per heavy atom. The maximum atomic E-state index is 12.2. The highest BCUT2D eigenvalue weighted by atomic mass is 35.5. The average Bonchev–Trinajstić information content (AvgIpc) is 3.20. The maximum Gasteiger partial charge on any atom is 0.264 e. The summed E-state index contributed by atoms with van der Waals surface area (Å²) in [6.07, 6.45) is 0.545. The van der Waals surface area contributed by atoms with E-state index in [9.17, 15) is 4.79 Å². The molecule has 0 radical (unpaired) electrons. The number of carbonyl (C=O) groups is 1. The van der Waals surface area contributed by atoms with E-state index >= 15 is 0 Å². The van der Waals surface area contributed by atoms with Crippen molar-refractivity contribution in [1.82, 2.24) is 10.3 Å². The van der Waals surface area contributed by atoms with Crippen molar-refractivity contribution in [3.8, 4) is 5.75 Å². The summed E-state index contributed by atoms with van der Waals surface area (Å²) >= 11 is 11.2. The largest absolute Gasteiger partial charge is 0.484 e. The van der Waals surface area contributed by atoms with E-state index < -0.39 is 0 Å². The predicted octanol–water partition coefficient (Wildman–Crippen LogP) is 6.09. The molecular formula is C26H24ClN3O3S. The summed E-state index contributed by atoms with van der Waals surface area (Å²) in [6, 6.07) is 20.7. The number of carbonyl (C=O) groups excluding carboxylic acids is 1. The molecule has 2 N–H and O–H groups in total. The van der Waals surface area contributed by atoms with Crippen molar-refractivity contribution in [2.24, 2.45) is 0 Å². The van der Waals surface area contributed by atoms with Crippen LogP contribution in [-0.2, 0) is 11.2 Å². The molecule has 0 fully saturated rings. The molecule has 0 atom stereocenters. The molecule has 6 nitrogen and oxygen atoms in total. The molecule has 1 aromatic heterocycles. The van der Waals surface area contributed by atoms with Crippen LogP contribution >= 0.6 is 23.8 Å². The Balaban J connectivity index is 1.25. The fourth-order valence-corrected chi connectivity index (χ4v) is 3.73. The van der Waals surface area contributed by atoms with E-state index in [0.717, 1.165) is 16.8 Å². The first-order valence-electron chi connectivity index (χ1n) is 10.8. The second kappa shape index (κ2) is 10.7. The van der Waals surface area contributed by atoms with Crippen LogP contribution in [0.4, 0.5) is 5.69 Å². The van der Waals surface area contributed by atoms with Gasteiger partial charge in [-0.2, -0.15) is 0 Å².